The number of nitrogens with zero attached hydrogens (tertiary/aromatic N) is 1. The molecular weight excluding hydrogens is 472 g/mol. The number of ether oxygens (including phenoxy) is 3. The summed E-state index contributed by atoms with van der Waals surface area (Å²) in [6, 6.07) is 11.2. The number of Topliss-reactive ketones (excluding diaryl/α,β-unsaturated/α-hetero) is 1. The number of rotatable bonds is 9. The molecule has 2 unspecified atom stereocenters. The SMILES string of the molecule is CCOc1cc(C(=O)N2C3CCC2COC3)ccc1C(=O)CC[C@@H](O)[C@@H]1Cc2ccc(OC)cc2CN1. The van der Waals surface area contributed by atoms with Gasteiger partial charge in [0.1, 0.15) is 11.5 Å². The van der Waals surface area contributed by atoms with Crippen molar-refractivity contribution in [2.24, 2.45) is 0 Å². The lowest BCUT2D eigenvalue weighted by atomic mass is 9.90. The molecule has 0 saturated carbocycles. The van der Waals surface area contributed by atoms with Crippen LogP contribution in [-0.2, 0) is 17.7 Å². The smallest absolute Gasteiger partial charge is 0.254 e. The van der Waals surface area contributed by atoms with Gasteiger partial charge in [0.15, 0.2) is 5.78 Å². The fourth-order valence-electron chi connectivity index (χ4n) is 5.80. The monoisotopic (exact) mass is 508 g/mol. The molecule has 0 aromatic heterocycles. The lowest BCUT2D eigenvalue weighted by Crippen LogP contribution is -2.49. The summed E-state index contributed by atoms with van der Waals surface area (Å²) < 4.78 is 16.7. The Labute approximate surface area is 217 Å². The third-order valence-corrected chi connectivity index (χ3v) is 7.84. The third kappa shape index (κ3) is 5.37. The molecule has 0 radical (unpaired) electrons. The second kappa shape index (κ2) is 11.2. The van der Waals surface area contributed by atoms with Crippen molar-refractivity contribution in [3.63, 3.8) is 0 Å². The Morgan fingerprint density at radius 2 is 1.92 bits per heavy atom. The zero-order chi connectivity index (χ0) is 25.9. The topological polar surface area (TPSA) is 97.3 Å². The molecule has 37 heavy (non-hydrogen) atoms. The highest BCUT2D eigenvalue weighted by Crippen LogP contribution is 2.32. The van der Waals surface area contributed by atoms with Crippen molar-refractivity contribution in [2.45, 2.75) is 69.8 Å². The van der Waals surface area contributed by atoms with Gasteiger partial charge in [0.05, 0.1) is 50.7 Å². The molecular formula is C29H36N2O6. The summed E-state index contributed by atoms with van der Waals surface area (Å²) in [6.45, 7) is 4.05. The lowest BCUT2D eigenvalue weighted by Gasteiger charge is -2.34. The molecule has 5 rings (SSSR count). The Morgan fingerprint density at radius 1 is 1.14 bits per heavy atom. The number of ketones is 1. The fraction of sp³-hybridized carbons (Fsp3) is 0.517. The van der Waals surface area contributed by atoms with Gasteiger partial charge in [0, 0.05) is 24.6 Å². The van der Waals surface area contributed by atoms with E-state index in [0.717, 1.165) is 18.6 Å². The second-order valence-corrected chi connectivity index (χ2v) is 10.1. The summed E-state index contributed by atoms with van der Waals surface area (Å²) in [5.74, 6) is 1.11. The number of benzene rings is 2. The van der Waals surface area contributed by atoms with Crippen LogP contribution in [0.2, 0.25) is 0 Å². The van der Waals surface area contributed by atoms with Gasteiger partial charge in [-0.25, -0.2) is 0 Å². The Hall–Kier alpha value is -2.94. The van der Waals surface area contributed by atoms with Crippen LogP contribution >= 0.6 is 0 Å². The molecule has 3 aliphatic rings. The van der Waals surface area contributed by atoms with Gasteiger partial charge in [-0.2, -0.15) is 0 Å². The Morgan fingerprint density at radius 3 is 2.65 bits per heavy atom. The minimum atomic E-state index is -0.660. The third-order valence-electron chi connectivity index (χ3n) is 7.84. The van der Waals surface area contributed by atoms with Crippen molar-refractivity contribution >= 4 is 11.7 Å². The van der Waals surface area contributed by atoms with Crippen LogP contribution in [0, 0.1) is 0 Å². The number of amides is 1. The normalized spacial score (nSPS) is 23.3. The van der Waals surface area contributed by atoms with Gasteiger partial charge in [-0.05, 0) is 74.1 Å². The Balaban J connectivity index is 1.23. The van der Waals surface area contributed by atoms with E-state index in [2.05, 4.69) is 5.32 Å². The number of nitrogens with one attached hydrogen (secondary N) is 1. The number of fused-ring (bicyclic) bond motifs is 3. The fourth-order valence-corrected chi connectivity index (χ4v) is 5.80. The first-order valence-corrected chi connectivity index (χ1v) is 13.3. The second-order valence-electron chi connectivity index (χ2n) is 10.1. The highest BCUT2D eigenvalue weighted by molar-refractivity contribution is 6.01. The standard InChI is InChI=1S/C29H36N2O6/c1-3-37-28-14-19(29(34)31-21-6-7-22(31)17-36-16-21)5-9-24(28)26(32)10-11-27(33)25-13-18-4-8-23(35-2)12-20(18)15-30-25/h4-5,8-9,12,14,21-22,25,27,30,33H,3,6-7,10-11,13,15-17H2,1-2H3/t21?,22?,25-,27+/m0/s1. The van der Waals surface area contributed by atoms with Crippen molar-refractivity contribution in [3.05, 3.63) is 58.7 Å². The molecule has 2 N–H and O–H groups in total. The van der Waals surface area contributed by atoms with E-state index in [1.165, 1.54) is 11.1 Å². The van der Waals surface area contributed by atoms with E-state index in [1.54, 1.807) is 25.3 Å². The van der Waals surface area contributed by atoms with Crippen LogP contribution in [0.1, 0.15) is 64.4 Å². The van der Waals surface area contributed by atoms with Crippen LogP contribution < -0.4 is 14.8 Å². The number of carbonyl (C=O) groups is 2. The molecule has 2 bridgehead atoms. The van der Waals surface area contributed by atoms with Crippen molar-refractivity contribution in [1.82, 2.24) is 10.2 Å². The maximum Gasteiger partial charge on any atom is 0.254 e. The Kier molecular flexibility index (Phi) is 7.79. The van der Waals surface area contributed by atoms with Crippen LogP contribution in [-0.4, -0.2) is 72.9 Å². The van der Waals surface area contributed by atoms with E-state index in [0.29, 0.717) is 56.1 Å². The van der Waals surface area contributed by atoms with Gasteiger partial charge in [-0.3, -0.25) is 9.59 Å². The number of carbonyl (C=O) groups excluding carboxylic acids is 2. The van der Waals surface area contributed by atoms with Crippen molar-refractivity contribution < 1.29 is 28.9 Å². The van der Waals surface area contributed by atoms with Gasteiger partial charge in [0.2, 0.25) is 0 Å². The molecule has 0 aliphatic carbocycles. The van der Waals surface area contributed by atoms with Crippen LogP contribution in [0.25, 0.3) is 0 Å². The molecule has 2 aromatic rings. The molecule has 4 atom stereocenters. The predicted octanol–water partition coefficient (Wildman–Crippen LogP) is 3.14. The van der Waals surface area contributed by atoms with E-state index >= 15 is 0 Å². The van der Waals surface area contributed by atoms with Gasteiger partial charge in [0.25, 0.3) is 5.91 Å². The summed E-state index contributed by atoms with van der Waals surface area (Å²) in [7, 11) is 1.65. The summed E-state index contributed by atoms with van der Waals surface area (Å²) in [4.78, 5) is 28.4. The van der Waals surface area contributed by atoms with Gasteiger partial charge in [-0.15, -0.1) is 0 Å². The molecule has 8 heteroatoms. The van der Waals surface area contributed by atoms with Crippen molar-refractivity contribution in [1.29, 1.82) is 0 Å². The first kappa shape index (κ1) is 25.7. The number of aliphatic hydroxyl groups is 1. The maximum atomic E-state index is 13.3. The maximum absolute atomic E-state index is 13.3. The number of methoxy groups -OCH3 is 1. The molecule has 0 spiro atoms. The highest BCUT2D eigenvalue weighted by atomic mass is 16.5. The van der Waals surface area contributed by atoms with E-state index in [9.17, 15) is 14.7 Å². The number of hydrogen-bond acceptors (Lipinski definition) is 7. The largest absolute Gasteiger partial charge is 0.497 e. The molecule has 2 aromatic carbocycles. The lowest BCUT2D eigenvalue weighted by molar-refractivity contribution is -0.00717. The van der Waals surface area contributed by atoms with E-state index in [-0.39, 0.29) is 36.2 Å². The molecule has 198 valence electrons. The van der Waals surface area contributed by atoms with E-state index in [4.69, 9.17) is 14.2 Å². The molecule has 8 nitrogen and oxygen atoms in total. The average Bonchev–Trinajstić information content (AvgIpc) is 3.18. The van der Waals surface area contributed by atoms with Crippen molar-refractivity contribution in [3.8, 4) is 11.5 Å². The molecule has 1 amide bonds. The first-order valence-electron chi connectivity index (χ1n) is 13.3. The zero-order valence-corrected chi connectivity index (χ0v) is 21.6. The summed E-state index contributed by atoms with van der Waals surface area (Å²) >= 11 is 0. The molecule has 2 fully saturated rings. The van der Waals surface area contributed by atoms with Crippen LogP contribution in [0.3, 0.4) is 0 Å². The van der Waals surface area contributed by atoms with E-state index < -0.39 is 6.10 Å². The number of morpholine rings is 1. The molecule has 3 aliphatic heterocycles. The summed E-state index contributed by atoms with van der Waals surface area (Å²) in [5.41, 5.74) is 3.33. The minimum Gasteiger partial charge on any atom is -0.497 e. The summed E-state index contributed by atoms with van der Waals surface area (Å²) in [6.07, 6.45) is 2.49. The average molecular weight is 509 g/mol. The minimum absolute atomic E-state index is 0.0348. The van der Waals surface area contributed by atoms with Crippen LogP contribution in [0.4, 0.5) is 0 Å². The first-order chi connectivity index (χ1) is 18.0. The van der Waals surface area contributed by atoms with Gasteiger partial charge >= 0.3 is 0 Å². The van der Waals surface area contributed by atoms with Gasteiger partial charge in [-0.1, -0.05) is 6.07 Å². The zero-order valence-electron chi connectivity index (χ0n) is 21.6. The molecule has 3 heterocycles. The quantitative estimate of drug-likeness (QED) is 0.503. The highest BCUT2D eigenvalue weighted by Gasteiger charge is 2.40. The van der Waals surface area contributed by atoms with E-state index in [1.807, 2.05) is 30.0 Å². The number of hydrogen-bond donors (Lipinski definition) is 2. The number of aliphatic hydroxyl groups excluding tert-OH is 1. The predicted molar refractivity (Wildman–Crippen MR) is 138 cm³/mol. The summed E-state index contributed by atoms with van der Waals surface area (Å²) in [5, 5.41) is 14.2. The van der Waals surface area contributed by atoms with Crippen LogP contribution in [0.5, 0.6) is 11.5 Å². The van der Waals surface area contributed by atoms with Gasteiger partial charge < -0.3 is 29.5 Å². The molecule has 2 saturated heterocycles. The van der Waals surface area contributed by atoms with Crippen LogP contribution in [0.15, 0.2) is 36.4 Å². The van der Waals surface area contributed by atoms with Crippen molar-refractivity contribution in [2.75, 3.05) is 26.9 Å². The Bertz CT molecular complexity index is 1140.